The van der Waals surface area contributed by atoms with Gasteiger partial charge in [-0.1, -0.05) is 6.07 Å². The van der Waals surface area contributed by atoms with E-state index >= 15 is 0 Å². The van der Waals surface area contributed by atoms with Crippen LogP contribution >= 0.6 is 0 Å². The molecule has 0 radical (unpaired) electrons. The summed E-state index contributed by atoms with van der Waals surface area (Å²) in [5.41, 5.74) is 8.02. The molecule has 1 aromatic carbocycles. The largest absolute Gasteiger partial charge is 0.485 e. The maximum Gasteiger partial charge on any atom is 0.252 e. The van der Waals surface area contributed by atoms with Gasteiger partial charge in [0, 0.05) is 18.0 Å². The summed E-state index contributed by atoms with van der Waals surface area (Å²) in [6, 6.07) is 6.78. The first kappa shape index (κ1) is 16.1. The van der Waals surface area contributed by atoms with Crippen molar-refractivity contribution in [1.82, 2.24) is 4.98 Å². The summed E-state index contributed by atoms with van der Waals surface area (Å²) in [4.78, 5) is 15.6. The van der Waals surface area contributed by atoms with Crippen LogP contribution in [-0.2, 0) is 16.6 Å². The van der Waals surface area contributed by atoms with Gasteiger partial charge < -0.3 is 15.2 Å². The quantitative estimate of drug-likeness (QED) is 0.630. The highest BCUT2D eigenvalue weighted by Gasteiger charge is 2.26. The third kappa shape index (κ3) is 3.28. The van der Waals surface area contributed by atoms with Gasteiger partial charge in [-0.15, -0.1) is 0 Å². The molecule has 0 fully saturated rings. The van der Waals surface area contributed by atoms with Crippen molar-refractivity contribution in [3.05, 3.63) is 53.3 Å². The summed E-state index contributed by atoms with van der Waals surface area (Å²) in [5.74, 6) is 0.429. The zero-order chi connectivity index (χ0) is 17.1. The molecule has 0 spiro atoms. The zero-order valence-electron chi connectivity index (χ0n) is 12.6. The summed E-state index contributed by atoms with van der Waals surface area (Å²) < 4.78 is 23.1. The lowest BCUT2D eigenvalue weighted by Gasteiger charge is -2.27. The summed E-state index contributed by atoms with van der Waals surface area (Å²) in [5, 5.41) is 7.02. The van der Waals surface area contributed by atoms with Crippen molar-refractivity contribution in [2.45, 2.75) is 11.9 Å². The topological polar surface area (TPSA) is 115 Å². The Labute approximate surface area is 140 Å². The number of nitrogens with zero attached hydrogens (tertiary/aromatic N) is 1. The fourth-order valence-corrected chi connectivity index (χ4v) is 3.00. The summed E-state index contributed by atoms with van der Waals surface area (Å²) in [7, 11) is -1.36. The second-order valence-electron chi connectivity index (χ2n) is 5.18. The van der Waals surface area contributed by atoms with Gasteiger partial charge in [-0.25, -0.2) is 0 Å². The Morgan fingerprint density at radius 2 is 2.29 bits per heavy atom. The molecule has 0 saturated heterocycles. The summed E-state index contributed by atoms with van der Waals surface area (Å²) in [6.07, 6.45) is 2.85. The number of rotatable bonds is 5. The van der Waals surface area contributed by atoms with E-state index in [1.54, 1.807) is 30.6 Å². The van der Waals surface area contributed by atoms with Gasteiger partial charge in [-0.2, -0.15) is 0 Å². The smallest absolute Gasteiger partial charge is 0.252 e. The average molecular weight is 345 g/mol. The fourth-order valence-electron chi connectivity index (χ4n) is 2.43. The van der Waals surface area contributed by atoms with Crippen molar-refractivity contribution in [2.75, 3.05) is 6.61 Å². The molecule has 1 amide bonds. The zero-order valence-corrected chi connectivity index (χ0v) is 13.4. The Balaban J connectivity index is 1.84. The van der Waals surface area contributed by atoms with Crippen molar-refractivity contribution < 1.29 is 18.5 Å². The molecule has 1 aromatic heterocycles. The van der Waals surface area contributed by atoms with Crippen LogP contribution in [0.25, 0.3) is 0 Å². The van der Waals surface area contributed by atoms with Crippen LogP contribution < -0.4 is 15.2 Å². The van der Waals surface area contributed by atoms with Gasteiger partial charge in [0.25, 0.3) is 5.91 Å². The lowest BCUT2D eigenvalue weighted by atomic mass is 10.1. The van der Waals surface area contributed by atoms with Crippen LogP contribution in [0.2, 0.25) is 0 Å². The minimum atomic E-state index is -1.36. The Hall–Kier alpha value is -2.74. The molecule has 0 aliphatic carbocycles. The van der Waals surface area contributed by atoms with E-state index in [4.69, 9.17) is 20.6 Å². The Morgan fingerprint density at radius 3 is 3.04 bits per heavy atom. The second-order valence-corrected chi connectivity index (χ2v) is 6.47. The maximum absolute atomic E-state index is 11.5. The number of amides is 1. The molecule has 124 valence electrons. The highest BCUT2D eigenvalue weighted by atomic mass is 32.2. The van der Waals surface area contributed by atoms with Gasteiger partial charge in [0.05, 0.1) is 27.7 Å². The number of aromatic nitrogens is 1. The first-order valence-electron chi connectivity index (χ1n) is 7.12. The van der Waals surface area contributed by atoms with Crippen LogP contribution in [0.5, 0.6) is 11.5 Å². The summed E-state index contributed by atoms with van der Waals surface area (Å²) >= 11 is 0. The van der Waals surface area contributed by atoms with Gasteiger partial charge in [-0.3, -0.25) is 19.4 Å². The SMILES string of the molecule is N=CS(=O)Cc1cncc(C2COc3c(cccc3C(N)=O)O2)c1. The number of carbonyl (C=O) groups excluding carboxylic acids is 1. The molecule has 0 bridgehead atoms. The van der Waals surface area contributed by atoms with E-state index in [-0.39, 0.29) is 17.9 Å². The van der Waals surface area contributed by atoms with E-state index in [2.05, 4.69) is 4.98 Å². The van der Waals surface area contributed by atoms with E-state index in [1.807, 2.05) is 6.07 Å². The average Bonchev–Trinajstić information content (AvgIpc) is 2.60. The first-order valence-corrected chi connectivity index (χ1v) is 8.50. The standard InChI is InChI=1S/C16H15N3O4S/c17-9-24(21)8-10-4-11(6-19-5-10)14-7-22-15-12(16(18)20)2-1-3-13(15)23-14/h1-6,9,14,17H,7-8H2,(H2,18,20). The number of nitrogens with two attached hydrogens (primary N) is 1. The van der Waals surface area contributed by atoms with E-state index in [9.17, 15) is 9.00 Å². The molecule has 2 aromatic rings. The van der Waals surface area contributed by atoms with E-state index in [1.165, 1.54) is 0 Å². The van der Waals surface area contributed by atoms with Crippen molar-refractivity contribution in [3.63, 3.8) is 0 Å². The number of nitrogens with one attached hydrogen (secondary N) is 1. The van der Waals surface area contributed by atoms with Crippen LogP contribution in [-0.4, -0.2) is 27.3 Å². The molecule has 3 N–H and O–H groups in total. The predicted octanol–water partition coefficient (Wildman–Crippen LogP) is 1.55. The number of carbonyl (C=O) groups is 1. The Morgan fingerprint density at radius 1 is 1.46 bits per heavy atom. The third-order valence-electron chi connectivity index (χ3n) is 3.52. The van der Waals surface area contributed by atoms with E-state index in [0.717, 1.165) is 16.7 Å². The molecular weight excluding hydrogens is 330 g/mol. The number of ether oxygens (including phenoxy) is 2. The molecule has 2 atom stereocenters. The molecular formula is C16H15N3O4S. The maximum atomic E-state index is 11.5. The molecule has 0 saturated carbocycles. The van der Waals surface area contributed by atoms with Crippen LogP contribution in [0.3, 0.4) is 0 Å². The molecule has 8 heteroatoms. The third-order valence-corrected chi connectivity index (χ3v) is 4.40. The molecule has 1 aliphatic heterocycles. The first-order chi connectivity index (χ1) is 11.6. The van der Waals surface area contributed by atoms with Crippen LogP contribution in [0.15, 0.2) is 36.7 Å². The molecule has 2 unspecified atom stereocenters. The molecule has 1 aliphatic rings. The van der Waals surface area contributed by atoms with Crippen LogP contribution in [0, 0.1) is 5.41 Å². The number of hydrogen-bond acceptors (Lipinski definition) is 6. The number of primary amides is 1. The molecule has 7 nitrogen and oxygen atoms in total. The van der Waals surface area contributed by atoms with Gasteiger partial charge in [0.2, 0.25) is 0 Å². The monoisotopic (exact) mass is 345 g/mol. The van der Waals surface area contributed by atoms with Gasteiger partial charge in [-0.05, 0) is 23.8 Å². The highest BCUT2D eigenvalue weighted by Crippen LogP contribution is 2.38. The van der Waals surface area contributed by atoms with Gasteiger partial charge >= 0.3 is 0 Å². The number of hydrogen-bond donors (Lipinski definition) is 2. The normalized spacial score (nSPS) is 17.1. The van der Waals surface area contributed by atoms with Crippen molar-refractivity contribution in [2.24, 2.45) is 5.73 Å². The number of para-hydroxylation sites is 1. The minimum Gasteiger partial charge on any atom is -0.485 e. The molecule has 3 rings (SSSR count). The minimum absolute atomic E-state index is 0.204. The van der Waals surface area contributed by atoms with E-state index < -0.39 is 22.8 Å². The van der Waals surface area contributed by atoms with Crippen LogP contribution in [0.4, 0.5) is 0 Å². The lowest BCUT2D eigenvalue weighted by molar-refractivity contribution is 0.0861. The van der Waals surface area contributed by atoms with Gasteiger partial charge in [0.1, 0.15) is 6.61 Å². The fraction of sp³-hybridized carbons (Fsp3) is 0.188. The Bertz CT molecular complexity index is 825. The van der Waals surface area contributed by atoms with Crippen molar-refractivity contribution in [1.29, 1.82) is 5.41 Å². The number of fused-ring (bicyclic) bond motifs is 1. The lowest BCUT2D eigenvalue weighted by Crippen LogP contribution is -2.24. The van der Waals surface area contributed by atoms with Gasteiger partial charge in [0.15, 0.2) is 17.6 Å². The van der Waals surface area contributed by atoms with E-state index in [0.29, 0.717) is 11.5 Å². The van der Waals surface area contributed by atoms with Crippen molar-refractivity contribution in [3.8, 4) is 11.5 Å². The second kappa shape index (κ2) is 6.79. The molecule has 24 heavy (non-hydrogen) atoms. The van der Waals surface area contributed by atoms with Crippen LogP contribution in [0.1, 0.15) is 27.6 Å². The summed E-state index contributed by atoms with van der Waals surface area (Å²) in [6.45, 7) is 0.204. The van der Waals surface area contributed by atoms with Crippen molar-refractivity contribution >= 4 is 22.3 Å². The highest BCUT2D eigenvalue weighted by molar-refractivity contribution is 7.97. The number of benzene rings is 1. The predicted molar refractivity (Wildman–Crippen MR) is 88.7 cm³/mol. The molecule has 2 heterocycles. The Kier molecular flexibility index (Phi) is 4.57. The number of pyridine rings is 1.